The van der Waals surface area contributed by atoms with Crippen LogP contribution in [0.3, 0.4) is 0 Å². The van der Waals surface area contributed by atoms with Crippen molar-refractivity contribution in [2.45, 2.75) is 6.92 Å². The molecule has 0 aliphatic carbocycles. The van der Waals surface area contributed by atoms with Crippen LogP contribution in [0.5, 0.6) is 0 Å². The highest BCUT2D eigenvalue weighted by Gasteiger charge is 2.13. The highest BCUT2D eigenvalue weighted by molar-refractivity contribution is 9.10. The summed E-state index contributed by atoms with van der Waals surface area (Å²) in [5.41, 5.74) is 1.01. The predicted octanol–water partition coefficient (Wildman–Crippen LogP) is 2.34. The highest BCUT2D eigenvalue weighted by atomic mass is 79.9. The molecular weight excluding hydrogens is 312 g/mol. The fourth-order valence-electron chi connectivity index (χ4n) is 1.96. The topological polar surface area (TPSA) is 68.0 Å². The van der Waals surface area contributed by atoms with Crippen LogP contribution < -0.4 is 11.2 Å². The van der Waals surface area contributed by atoms with Gasteiger partial charge in [-0.05, 0) is 30.7 Å². The highest BCUT2D eigenvalue weighted by Crippen LogP contribution is 2.16. The molecule has 1 N–H and O–H groups in total. The standard InChI is InChI=1S/C13H9BrN2O3/c1-7-5-10(17)19-12-11(7)15-16(13(12)18)9-4-2-3-8(14)6-9/h2-6,15H,1H3. The van der Waals surface area contributed by atoms with Gasteiger partial charge in [0.25, 0.3) is 0 Å². The van der Waals surface area contributed by atoms with Crippen molar-refractivity contribution >= 4 is 27.0 Å². The van der Waals surface area contributed by atoms with Gasteiger partial charge >= 0.3 is 11.2 Å². The van der Waals surface area contributed by atoms with Crippen LogP contribution in [-0.2, 0) is 0 Å². The van der Waals surface area contributed by atoms with Gasteiger partial charge in [0.2, 0.25) is 5.58 Å². The van der Waals surface area contributed by atoms with Gasteiger partial charge in [-0.25, -0.2) is 9.48 Å². The molecule has 2 heterocycles. The molecule has 0 unspecified atom stereocenters. The molecule has 0 amide bonds. The first-order valence-corrected chi connectivity index (χ1v) is 6.37. The van der Waals surface area contributed by atoms with Crippen molar-refractivity contribution in [1.82, 2.24) is 9.78 Å². The number of hydrogen-bond donors (Lipinski definition) is 1. The number of fused-ring (bicyclic) bond motifs is 1. The third kappa shape index (κ3) is 1.94. The van der Waals surface area contributed by atoms with Crippen molar-refractivity contribution in [1.29, 1.82) is 0 Å². The van der Waals surface area contributed by atoms with E-state index in [0.29, 0.717) is 16.8 Å². The third-order valence-electron chi connectivity index (χ3n) is 2.85. The second-order valence-corrected chi connectivity index (χ2v) is 5.10. The van der Waals surface area contributed by atoms with Crippen LogP contribution in [0, 0.1) is 6.92 Å². The summed E-state index contributed by atoms with van der Waals surface area (Å²) in [6, 6.07) is 8.62. The molecule has 0 aliphatic rings. The van der Waals surface area contributed by atoms with Crippen molar-refractivity contribution in [2.75, 3.05) is 0 Å². The number of hydrogen-bond acceptors (Lipinski definition) is 3. The summed E-state index contributed by atoms with van der Waals surface area (Å²) in [6.45, 7) is 1.75. The summed E-state index contributed by atoms with van der Waals surface area (Å²) in [6.07, 6.45) is 0. The lowest BCUT2D eigenvalue weighted by atomic mass is 10.3. The molecular formula is C13H9BrN2O3. The Morgan fingerprint density at radius 2 is 2.05 bits per heavy atom. The SMILES string of the molecule is Cc1cc(=O)oc2c(=O)n(-c3cccc(Br)c3)[nH]c12. The predicted molar refractivity (Wildman–Crippen MR) is 74.9 cm³/mol. The molecule has 0 spiro atoms. The first kappa shape index (κ1) is 12.0. The summed E-state index contributed by atoms with van der Waals surface area (Å²) < 4.78 is 7.18. The molecule has 1 aromatic carbocycles. The summed E-state index contributed by atoms with van der Waals surface area (Å²) >= 11 is 3.35. The maximum absolute atomic E-state index is 12.2. The van der Waals surface area contributed by atoms with Gasteiger partial charge in [-0.15, -0.1) is 0 Å². The molecule has 5 nitrogen and oxygen atoms in total. The van der Waals surface area contributed by atoms with Crippen molar-refractivity contribution in [3.63, 3.8) is 0 Å². The van der Waals surface area contributed by atoms with E-state index in [1.807, 2.05) is 12.1 Å². The van der Waals surface area contributed by atoms with E-state index in [-0.39, 0.29) is 11.1 Å². The summed E-state index contributed by atoms with van der Waals surface area (Å²) in [5.74, 6) is 0. The molecule has 6 heteroatoms. The van der Waals surface area contributed by atoms with Gasteiger partial charge in [-0.1, -0.05) is 22.0 Å². The van der Waals surface area contributed by atoms with Crippen LogP contribution >= 0.6 is 15.9 Å². The molecule has 0 saturated heterocycles. The van der Waals surface area contributed by atoms with E-state index in [0.717, 1.165) is 4.47 Å². The number of aromatic nitrogens is 2. The number of aromatic amines is 1. The first-order valence-electron chi connectivity index (χ1n) is 5.58. The Labute approximate surface area is 115 Å². The van der Waals surface area contributed by atoms with Crippen LogP contribution in [0.1, 0.15) is 5.56 Å². The molecule has 0 bridgehead atoms. The van der Waals surface area contributed by atoms with Crippen molar-refractivity contribution in [2.24, 2.45) is 0 Å². The first-order chi connectivity index (χ1) is 9.06. The molecule has 3 aromatic rings. The van der Waals surface area contributed by atoms with Gasteiger partial charge in [0.1, 0.15) is 5.52 Å². The minimum absolute atomic E-state index is 0.0463. The Morgan fingerprint density at radius 1 is 1.26 bits per heavy atom. The van der Waals surface area contributed by atoms with E-state index in [4.69, 9.17) is 4.42 Å². The minimum atomic E-state index is -0.525. The van der Waals surface area contributed by atoms with Crippen molar-refractivity contribution in [3.05, 3.63) is 61.1 Å². The third-order valence-corrected chi connectivity index (χ3v) is 3.34. The average Bonchev–Trinajstić information content (AvgIpc) is 2.68. The van der Waals surface area contributed by atoms with Gasteiger partial charge in [0, 0.05) is 10.5 Å². The van der Waals surface area contributed by atoms with E-state index < -0.39 is 5.63 Å². The lowest BCUT2D eigenvalue weighted by Gasteiger charge is -2.01. The number of halogens is 1. The van der Waals surface area contributed by atoms with Crippen LogP contribution in [-0.4, -0.2) is 9.78 Å². The van der Waals surface area contributed by atoms with Crippen molar-refractivity contribution < 1.29 is 4.42 Å². The van der Waals surface area contributed by atoms with E-state index in [1.165, 1.54) is 10.7 Å². The zero-order valence-corrected chi connectivity index (χ0v) is 11.5. The van der Waals surface area contributed by atoms with Gasteiger partial charge in [0.15, 0.2) is 0 Å². The Balaban J connectivity index is 2.38. The summed E-state index contributed by atoms with van der Waals surface area (Å²) in [7, 11) is 0. The van der Waals surface area contributed by atoms with E-state index in [1.54, 1.807) is 19.1 Å². The maximum Gasteiger partial charge on any atom is 0.336 e. The quantitative estimate of drug-likeness (QED) is 0.748. The monoisotopic (exact) mass is 320 g/mol. The lowest BCUT2D eigenvalue weighted by Crippen LogP contribution is -2.14. The van der Waals surface area contributed by atoms with Gasteiger partial charge in [0.05, 0.1) is 5.69 Å². The molecule has 3 rings (SSSR count). The zero-order chi connectivity index (χ0) is 13.6. The van der Waals surface area contributed by atoms with Gasteiger partial charge < -0.3 is 4.42 Å². The van der Waals surface area contributed by atoms with Crippen LogP contribution in [0.4, 0.5) is 0 Å². The Hall–Kier alpha value is -2.08. The maximum atomic E-state index is 12.2. The van der Waals surface area contributed by atoms with Crippen LogP contribution in [0.2, 0.25) is 0 Å². The smallest absolute Gasteiger partial charge is 0.336 e. The Bertz CT molecular complexity index is 889. The fraction of sp³-hybridized carbons (Fsp3) is 0.0769. The molecule has 19 heavy (non-hydrogen) atoms. The summed E-state index contributed by atoms with van der Waals surface area (Å²) in [5, 5.41) is 2.95. The van der Waals surface area contributed by atoms with E-state index >= 15 is 0 Å². The van der Waals surface area contributed by atoms with Crippen LogP contribution in [0.25, 0.3) is 16.8 Å². The second-order valence-electron chi connectivity index (χ2n) is 4.18. The molecule has 0 saturated carbocycles. The Kier molecular flexibility index (Phi) is 2.67. The Morgan fingerprint density at radius 3 is 2.79 bits per heavy atom. The molecule has 96 valence electrons. The number of H-pyrrole nitrogens is 1. The van der Waals surface area contributed by atoms with E-state index in [2.05, 4.69) is 21.0 Å². The number of nitrogens with zero attached hydrogens (tertiary/aromatic N) is 1. The second kappa shape index (κ2) is 4.24. The molecule has 0 radical (unpaired) electrons. The summed E-state index contributed by atoms with van der Waals surface area (Å²) in [4.78, 5) is 23.5. The zero-order valence-electron chi connectivity index (χ0n) is 9.94. The van der Waals surface area contributed by atoms with Gasteiger partial charge in [-0.3, -0.25) is 9.89 Å². The van der Waals surface area contributed by atoms with Crippen molar-refractivity contribution in [3.8, 4) is 5.69 Å². The van der Waals surface area contributed by atoms with E-state index in [9.17, 15) is 9.59 Å². The number of benzene rings is 1. The number of nitrogens with one attached hydrogen (secondary N) is 1. The lowest BCUT2D eigenvalue weighted by molar-refractivity contribution is 0.556. The number of aryl methyl sites for hydroxylation is 1. The normalized spacial score (nSPS) is 11.1. The largest absolute Gasteiger partial charge is 0.415 e. The average molecular weight is 321 g/mol. The number of rotatable bonds is 1. The fourth-order valence-corrected chi connectivity index (χ4v) is 2.35. The molecule has 2 aromatic heterocycles. The molecule has 0 aliphatic heterocycles. The minimum Gasteiger partial charge on any atom is -0.415 e. The molecule has 0 fully saturated rings. The van der Waals surface area contributed by atoms with Gasteiger partial charge in [-0.2, -0.15) is 0 Å². The van der Waals surface area contributed by atoms with Crippen LogP contribution in [0.15, 0.2) is 48.8 Å². The molecule has 0 atom stereocenters.